The Balaban J connectivity index is 1.75. The molecule has 1 heterocycles. The minimum absolute atomic E-state index is 0.0000539. The molecule has 4 nitrogen and oxygen atoms in total. The van der Waals surface area contributed by atoms with Gasteiger partial charge in [0.15, 0.2) is 0 Å². The average Bonchev–Trinajstić information content (AvgIpc) is 2.50. The topological polar surface area (TPSA) is 52.6 Å². The average molecular weight is 326 g/mol. The number of halogens is 2. The lowest BCUT2D eigenvalue weighted by Gasteiger charge is -2.33. The molecule has 1 amide bonds. The van der Waals surface area contributed by atoms with Crippen LogP contribution < -0.4 is 5.32 Å². The van der Waals surface area contributed by atoms with Crippen LogP contribution in [0.15, 0.2) is 18.2 Å². The molecule has 1 aliphatic rings. The summed E-state index contributed by atoms with van der Waals surface area (Å²) in [5.41, 5.74) is -0.0000539. The van der Waals surface area contributed by atoms with Gasteiger partial charge < -0.3 is 10.4 Å². The van der Waals surface area contributed by atoms with Gasteiger partial charge in [-0.1, -0.05) is 6.07 Å². The van der Waals surface area contributed by atoms with Crippen LogP contribution in [0.1, 0.15) is 25.3 Å². The third-order valence-corrected chi connectivity index (χ3v) is 4.35. The molecule has 23 heavy (non-hydrogen) atoms. The van der Waals surface area contributed by atoms with Crippen molar-refractivity contribution in [3.8, 4) is 0 Å². The minimum Gasteiger partial charge on any atom is -0.393 e. The number of carbonyl (C=O) groups is 1. The molecule has 6 heteroatoms. The number of nitrogens with zero attached hydrogens (tertiary/aromatic N) is 1. The summed E-state index contributed by atoms with van der Waals surface area (Å²) < 4.78 is 27.0. The molecule has 2 unspecified atom stereocenters. The summed E-state index contributed by atoms with van der Waals surface area (Å²) in [5.74, 6) is -1.14. The van der Waals surface area contributed by atoms with Gasteiger partial charge in [-0.15, -0.1) is 0 Å². The second-order valence-electron chi connectivity index (χ2n) is 6.18. The van der Waals surface area contributed by atoms with Crippen LogP contribution in [0.5, 0.6) is 0 Å². The first-order valence-corrected chi connectivity index (χ1v) is 8.07. The molecule has 2 N–H and O–H groups in total. The molecule has 1 fully saturated rings. The van der Waals surface area contributed by atoms with Crippen LogP contribution >= 0.6 is 0 Å². The van der Waals surface area contributed by atoms with E-state index >= 15 is 0 Å². The number of hydrogen-bond donors (Lipinski definition) is 2. The van der Waals surface area contributed by atoms with Crippen molar-refractivity contribution in [3.63, 3.8) is 0 Å². The second-order valence-corrected chi connectivity index (χ2v) is 6.18. The van der Waals surface area contributed by atoms with Gasteiger partial charge in [-0.05, 0) is 50.8 Å². The number of piperidine rings is 1. The molecule has 2 atom stereocenters. The number of aliphatic hydroxyl groups excluding tert-OH is 1. The van der Waals surface area contributed by atoms with Crippen molar-refractivity contribution in [1.82, 2.24) is 10.2 Å². The van der Waals surface area contributed by atoms with Crippen molar-refractivity contribution in [1.29, 1.82) is 0 Å². The fourth-order valence-corrected chi connectivity index (χ4v) is 2.99. The Morgan fingerprint density at radius 3 is 2.78 bits per heavy atom. The van der Waals surface area contributed by atoms with Crippen LogP contribution in [-0.4, -0.2) is 48.2 Å². The predicted octanol–water partition coefficient (Wildman–Crippen LogP) is 1.72. The predicted molar refractivity (Wildman–Crippen MR) is 83.9 cm³/mol. The van der Waals surface area contributed by atoms with Gasteiger partial charge in [0.2, 0.25) is 5.91 Å². The third kappa shape index (κ3) is 5.25. The summed E-state index contributed by atoms with van der Waals surface area (Å²) in [5, 5.41) is 12.4. The molecular formula is C17H24F2N2O2. The Labute approximate surface area is 135 Å². The minimum atomic E-state index is -0.588. The van der Waals surface area contributed by atoms with E-state index in [9.17, 15) is 18.7 Å². The molecule has 1 aliphatic heterocycles. The lowest BCUT2D eigenvalue weighted by Crippen LogP contribution is -2.45. The van der Waals surface area contributed by atoms with Crippen LogP contribution in [0.3, 0.4) is 0 Å². The maximum Gasteiger partial charge on any atom is 0.234 e. The zero-order valence-electron chi connectivity index (χ0n) is 13.4. The van der Waals surface area contributed by atoms with Gasteiger partial charge in [0.1, 0.15) is 11.6 Å². The van der Waals surface area contributed by atoms with Gasteiger partial charge in [0.05, 0.1) is 12.6 Å². The first-order valence-electron chi connectivity index (χ1n) is 8.07. The van der Waals surface area contributed by atoms with Crippen molar-refractivity contribution in [2.45, 2.75) is 32.3 Å². The van der Waals surface area contributed by atoms with Gasteiger partial charge in [0.25, 0.3) is 0 Å². The molecule has 0 aromatic heterocycles. The van der Waals surface area contributed by atoms with Crippen LogP contribution in [-0.2, 0) is 11.2 Å². The maximum absolute atomic E-state index is 13.5. The molecule has 0 saturated carbocycles. The Morgan fingerprint density at radius 1 is 1.43 bits per heavy atom. The maximum atomic E-state index is 13.5. The molecule has 128 valence electrons. The lowest BCUT2D eigenvalue weighted by molar-refractivity contribution is -0.122. The van der Waals surface area contributed by atoms with E-state index in [0.29, 0.717) is 6.54 Å². The molecule has 1 aromatic rings. The number of hydrogen-bond acceptors (Lipinski definition) is 3. The van der Waals surface area contributed by atoms with E-state index in [0.717, 1.165) is 19.4 Å². The summed E-state index contributed by atoms with van der Waals surface area (Å²) in [6, 6.07) is 3.75. The quantitative estimate of drug-likeness (QED) is 0.837. The smallest absolute Gasteiger partial charge is 0.234 e. The highest BCUT2D eigenvalue weighted by atomic mass is 19.1. The van der Waals surface area contributed by atoms with Crippen LogP contribution in [0.2, 0.25) is 0 Å². The SMILES string of the molecule is CC(O)C1CCCN(CC(=O)NCCc2c(F)cccc2F)C1. The van der Waals surface area contributed by atoms with Crippen molar-refractivity contribution >= 4 is 5.91 Å². The zero-order valence-corrected chi connectivity index (χ0v) is 13.4. The van der Waals surface area contributed by atoms with E-state index in [1.165, 1.54) is 18.2 Å². The molecule has 0 bridgehead atoms. The molecule has 2 rings (SSSR count). The Kier molecular flexibility index (Phi) is 6.47. The lowest BCUT2D eigenvalue weighted by atomic mass is 9.93. The molecule has 0 spiro atoms. The number of nitrogens with one attached hydrogen (secondary N) is 1. The van der Waals surface area contributed by atoms with Gasteiger partial charge in [-0.2, -0.15) is 0 Å². The van der Waals surface area contributed by atoms with E-state index in [1.807, 2.05) is 4.90 Å². The van der Waals surface area contributed by atoms with E-state index in [-0.39, 0.29) is 43.0 Å². The normalized spacial score (nSPS) is 20.3. The molecular weight excluding hydrogens is 302 g/mol. The molecule has 0 radical (unpaired) electrons. The van der Waals surface area contributed by atoms with Gasteiger partial charge in [-0.3, -0.25) is 9.69 Å². The zero-order chi connectivity index (χ0) is 16.8. The first-order chi connectivity index (χ1) is 11.0. The summed E-state index contributed by atoms with van der Waals surface area (Å²) >= 11 is 0. The highest BCUT2D eigenvalue weighted by Crippen LogP contribution is 2.19. The van der Waals surface area contributed by atoms with E-state index in [4.69, 9.17) is 0 Å². The van der Waals surface area contributed by atoms with Gasteiger partial charge in [0, 0.05) is 18.7 Å². The largest absolute Gasteiger partial charge is 0.393 e. The second kappa shape index (κ2) is 8.36. The molecule has 1 aromatic carbocycles. The number of carbonyl (C=O) groups excluding carboxylic acids is 1. The Morgan fingerprint density at radius 2 is 2.13 bits per heavy atom. The van der Waals surface area contributed by atoms with Crippen LogP contribution in [0.4, 0.5) is 8.78 Å². The fraction of sp³-hybridized carbons (Fsp3) is 0.588. The number of benzene rings is 1. The monoisotopic (exact) mass is 326 g/mol. The highest BCUT2D eigenvalue weighted by Gasteiger charge is 2.24. The van der Waals surface area contributed by atoms with E-state index in [1.54, 1.807) is 6.92 Å². The molecule has 0 aliphatic carbocycles. The van der Waals surface area contributed by atoms with E-state index < -0.39 is 11.6 Å². The summed E-state index contributed by atoms with van der Waals surface area (Å²) in [4.78, 5) is 14.0. The van der Waals surface area contributed by atoms with Crippen molar-refractivity contribution in [3.05, 3.63) is 35.4 Å². The van der Waals surface area contributed by atoms with Crippen molar-refractivity contribution in [2.24, 2.45) is 5.92 Å². The standard InChI is InChI=1S/C17H24F2N2O2/c1-12(22)13-4-3-9-21(10-13)11-17(23)20-8-7-14-15(18)5-2-6-16(14)19/h2,5-6,12-13,22H,3-4,7-11H2,1H3,(H,20,23). The Bertz CT molecular complexity index is 517. The van der Waals surface area contributed by atoms with Gasteiger partial charge in [-0.25, -0.2) is 8.78 Å². The van der Waals surface area contributed by atoms with Crippen LogP contribution in [0, 0.1) is 17.6 Å². The first kappa shape index (κ1) is 17.8. The number of rotatable bonds is 6. The van der Waals surface area contributed by atoms with E-state index in [2.05, 4.69) is 5.32 Å². The fourth-order valence-electron chi connectivity index (χ4n) is 2.99. The number of likely N-dealkylation sites (tertiary alicyclic amines) is 1. The van der Waals surface area contributed by atoms with Crippen molar-refractivity contribution < 1.29 is 18.7 Å². The van der Waals surface area contributed by atoms with Crippen molar-refractivity contribution in [2.75, 3.05) is 26.2 Å². The molecule has 1 saturated heterocycles. The summed E-state index contributed by atoms with van der Waals surface area (Å²) in [6.45, 7) is 3.76. The summed E-state index contributed by atoms with van der Waals surface area (Å²) in [6.07, 6.45) is 1.69. The van der Waals surface area contributed by atoms with Crippen LogP contribution in [0.25, 0.3) is 0 Å². The number of aliphatic hydroxyl groups is 1. The number of amides is 1. The third-order valence-electron chi connectivity index (χ3n) is 4.35. The Hall–Kier alpha value is -1.53. The summed E-state index contributed by atoms with van der Waals surface area (Å²) in [7, 11) is 0. The highest BCUT2D eigenvalue weighted by molar-refractivity contribution is 5.78. The van der Waals surface area contributed by atoms with Gasteiger partial charge >= 0.3 is 0 Å².